The quantitative estimate of drug-likeness (QED) is 0.611. The Labute approximate surface area is 88.8 Å². The molecule has 2 rings (SSSR count). The van der Waals surface area contributed by atoms with Crippen molar-refractivity contribution in [2.45, 2.75) is 13.3 Å². The number of rotatable bonds is 4. The van der Waals surface area contributed by atoms with Gasteiger partial charge in [-0.15, -0.1) is 0 Å². The van der Waals surface area contributed by atoms with Gasteiger partial charge in [-0.3, -0.25) is 0 Å². The Morgan fingerprint density at radius 3 is 3.27 bits per heavy atom. The van der Waals surface area contributed by atoms with E-state index in [0.717, 1.165) is 29.8 Å². The summed E-state index contributed by atoms with van der Waals surface area (Å²) in [6, 6.07) is 3.80. The van der Waals surface area contributed by atoms with Crippen molar-refractivity contribution in [3.05, 3.63) is 36.7 Å². The molecular weight excluding hydrogens is 188 g/mol. The molecule has 2 aromatic rings. The lowest BCUT2D eigenvalue weighted by Gasteiger charge is -2.03. The van der Waals surface area contributed by atoms with Gasteiger partial charge in [0.1, 0.15) is 11.4 Å². The Balaban J connectivity index is 2.10. The number of aromatic nitrogens is 1. The molecule has 78 valence electrons. The van der Waals surface area contributed by atoms with Gasteiger partial charge in [-0.2, -0.15) is 0 Å². The van der Waals surface area contributed by atoms with Crippen molar-refractivity contribution in [1.82, 2.24) is 4.98 Å². The number of nitrogens with zero attached hydrogens (tertiary/aromatic N) is 1. The Bertz CT molecular complexity index is 459. The molecule has 15 heavy (non-hydrogen) atoms. The molecule has 0 amide bonds. The van der Waals surface area contributed by atoms with Gasteiger partial charge in [-0.25, -0.2) is 4.98 Å². The molecule has 0 spiro atoms. The molecule has 0 fully saturated rings. The minimum atomic E-state index is 0.874. The average molecular weight is 202 g/mol. The van der Waals surface area contributed by atoms with Crippen LogP contribution in [-0.4, -0.2) is 11.5 Å². The molecule has 0 aliphatic heterocycles. The van der Waals surface area contributed by atoms with Gasteiger partial charge in [-0.1, -0.05) is 12.2 Å². The van der Waals surface area contributed by atoms with Crippen LogP contribution in [0.3, 0.4) is 0 Å². The van der Waals surface area contributed by atoms with Crippen molar-refractivity contribution in [1.29, 1.82) is 0 Å². The highest BCUT2D eigenvalue weighted by Gasteiger charge is 2.02. The zero-order valence-electron chi connectivity index (χ0n) is 8.73. The molecule has 0 aliphatic carbocycles. The van der Waals surface area contributed by atoms with Crippen LogP contribution in [0.4, 0.5) is 5.82 Å². The third-order valence-corrected chi connectivity index (χ3v) is 2.22. The number of allylic oxidation sites excluding steroid dienone is 1. The van der Waals surface area contributed by atoms with Gasteiger partial charge < -0.3 is 9.73 Å². The Kier molecular flexibility index (Phi) is 3.02. The molecule has 0 atom stereocenters. The van der Waals surface area contributed by atoms with Crippen molar-refractivity contribution < 1.29 is 4.42 Å². The van der Waals surface area contributed by atoms with E-state index in [2.05, 4.69) is 16.4 Å². The summed E-state index contributed by atoms with van der Waals surface area (Å²) in [7, 11) is 0. The van der Waals surface area contributed by atoms with E-state index in [1.165, 1.54) is 0 Å². The lowest BCUT2D eigenvalue weighted by Crippen LogP contribution is -2.01. The highest BCUT2D eigenvalue weighted by atomic mass is 16.3. The number of hydrogen-bond donors (Lipinski definition) is 1. The normalized spacial score (nSPS) is 11.3. The largest absolute Gasteiger partial charge is 0.464 e. The van der Waals surface area contributed by atoms with Crippen molar-refractivity contribution in [2.75, 3.05) is 11.9 Å². The van der Waals surface area contributed by atoms with E-state index in [9.17, 15) is 0 Å². The summed E-state index contributed by atoms with van der Waals surface area (Å²) >= 11 is 0. The first-order chi connectivity index (χ1) is 7.42. The lowest BCUT2D eigenvalue weighted by molar-refractivity contribution is 0.615. The summed E-state index contributed by atoms with van der Waals surface area (Å²) in [6.45, 7) is 2.91. The van der Waals surface area contributed by atoms with Crippen LogP contribution in [0.15, 0.2) is 41.2 Å². The van der Waals surface area contributed by atoms with Gasteiger partial charge in [0.05, 0.1) is 11.6 Å². The first kappa shape index (κ1) is 9.77. The van der Waals surface area contributed by atoms with E-state index in [-0.39, 0.29) is 0 Å². The van der Waals surface area contributed by atoms with E-state index in [1.54, 1.807) is 12.5 Å². The van der Waals surface area contributed by atoms with Gasteiger partial charge in [0.2, 0.25) is 0 Å². The zero-order valence-corrected chi connectivity index (χ0v) is 8.73. The minimum absolute atomic E-state index is 0.874. The van der Waals surface area contributed by atoms with Crippen LogP contribution in [0.1, 0.15) is 13.3 Å². The summed E-state index contributed by atoms with van der Waals surface area (Å²) in [5, 5.41) is 4.33. The molecule has 0 aliphatic rings. The second-order valence-corrected chi connectivity index (χ2v) is 3.28. The first-order valence-electron chi connectivity index (χ1n) is 5.09. The number of pyridine rings is 1. The van der Waals surface area contributed by atoms with Crippen molar-refractivity contribution >= 4 is 16.8 Å². The van der Waals surface area contributed by atoms with E-state index in [0.29, 0.717) is 0 Å². The maximum absolute atomic E-state index is 5.29. The van der Waals surface area contributed by atoms with Crippen LogP contribution in [0.5, 0.6) is 0 Å². The van der Waals surface area contributed by atoms with Crippen LogP contribution in [-0.2, 0) is 0 Å². The number of hydrogen-bond acceptors (Lipinski definition) is 3. The summed E-state index contributed by atoms with van der Waals surface area (Å²) in [6.07, 6.45) is 8.62. The molecular formula is C12H14N2O. The fourth-order valence-corrected chi connectivity index (χ4v) is 1.48. The third-order valence-electron chi connectivity index (χ3n) is 2.22. The fourth-order valence-electron chi connectivity index (χ4n) is 1.48. The molecule has 0 radical (unpaired) electrons. The van der Waals surface area contributed by atoms with Crippen LogP contribution in [0.25, 0.3) is 11.0 Å². The Morgan fingerprint density at radius 2 is 2.40 bits per heavy atom. The van der Waals surface area contributed by atoms with E-state index in [4.69, 9.17) is 4.42 Å². The van der Waals surface area contributed by atoms with Gasteiger partial charge >= 0.3 is 0 Å². The van der Waals surface area contributed by atoms with Crippen molar-refractivity contribution in [3.8, 4) is 0 Å². The number of nitrogens with one attached hydrogen (secondary N) is 1. The predicted octanol–water partition coefficient (Wildman–Crippen LogP) is 3.21. The van der Waals surface area contributed by atoms with Crippen LogP contribution >= 0.6 is 0 Å². The Hall–Kier alpha value is -1.77. The van der Waals surface area contributed by atoms with E-state index >= 15 is 0 Å². The van der Waals surface area contributed by atoms with Crippen LogP contribution in [0.2, 0.25) is 0 Å². The molecule has 0 saturated carbocycles. The van der Waals surface area contributed by atoms with E-state index < -0.39 is 0 Å². The van der Waals surface area contributed by atoms with Crippen LogP contribution in [0, 0.1) is 0 Å². The number of fused-ring (bicyclic) bond motifs is 1. The maximum atomic E-state index is 5.29. The molecule has 3 nitrogen and oxygen atoms in total. The smallest absolute Gasteiger partial charge is 0.139 e. The molecule has 0 bridgehead atoms. The topological polar surface area (TPSA) is 38.1 Å². The molecule has 2 aromatic heterocycles. The molecule has 0 aromatic carbocycles. The van der Waals surface area contributed by atoms with Gasteiger partial charge in [0.15, 0.2) is 0 Å². The van der Waals surface area contributed by atoms with E-state index in [1.807, 2.05) is 25.1 Å². The monoisotopic (exact) mass is 202 g/mol. The highest BCUT2D eigenvalue weighted by molar-refractivity contribution is 5.87. The standard InChI is InChI=1S/C12H14N2O/c1-2-3-4-7-13-12-10-6-9-15-11(10)5-8-14-12/h2-3,5-6,8-9H,4,7H2,1H3,(H,13,14)/b3-2+. The molecule has 1 N–H and O–H groups in total. The van der Waals surface area contributed by atoms with Gasteiger partial charge in [0, 0.05) is 12.7 Å². The SMILES string of the molecule is C/C=C/CCNc1nccc2occc12. The molecule has 2 heterocycles. The number of anilines is 1. The molecule has 0 saturated heterocycles. The van der Waals surface area contributed by atoms with Gasteiger partial charge in [-0.05, 0) is 25.5 Å². The fraction of sp³-hybridized carbons (Fsp3) is 0.250. The second-order valence-electron chi connectivity index (χ2n) is 3.28. The average Bonchev–Trinajstić information content (AvgIpc) is 2.73. The summed E-state index contributed by atoms with van der Waals surface area (Å²) in [4.78, 5) is 4.28. The van der Waals surface area contributed by atoms with Crippen LogP contribution < -0.4 is 5.32 Å². The van der Waals surface area contributed by atoms with Gasteiger partial charge in [0.25, 0.3) is 0 Å². The second kappa shape index (κ2) is 4.64. The predicted molar refractivity (Wildman–Crippen MR) is 61.9 cm³/mol. The zero-order chi connectivity index (χ0) is 10.5. The third kappa shape index (κ3) is 2.18. The number of furan rings is 1. The first-order valence-corrected chi connectivity index (χ1v) is 5.09. The lowest BCUT2D eigenvalue weighted by atomic mass is 10.3. The van der Waals surface area contributed by atoms with Crippen molar-refractivity contribution in [2.24, 2.45) is 0 Å². The summed E-state index contributed by atoms with van der Waals surface area (Å²) in [5.41, 5.74) is 0.874. The minimum Gasteiger partial charge on any atom is -0.464 e. The highest BCUT2D eigenvalue weighted by Crippen LogP contribution is 2.21. The Morgan fingerprint density at radius 1 is 1.47 bits per heavy atom. The summed E-state index contributed by atoms with van der Waals surface area (Å²) < 4.78 is 5.29. The maximum Gasteiger partial charge on any atom is 0.139 e. The van der Waals surface area contributed by atoms with Crippen molar-refractivity contribution in [3.63, 3.8) is 0 Å². The molecule has 0 unspecified atom stereocenters. The molecule has 3 heteroatoms. The summed E-state index contributed by atoms with van der Waals surface area (Å²) in [5.74, 6) is 0.894.